The third kappa shape index (κ3) is 4.84. The number of halogens is 3. The highest BCUT2D eigenvalue weighted by Gasteiger charge is 2.37. The number of hydrogen-bond donors (Lipinski definition) is 2. The van der Waals surface area contributed by atoms with Crippen LogP contribution < -0.4 is 10.0 Å². The van der Waals surface area contributed by atoms with E-state index in [9.17, 15) is 26.4 Å². The quantitative estimate of drug-likeness (QED) is 0.354. The van der Waals surface area contributed by atoms with Gasteiger partial charge in [0.1, 0.15) is 0 Å². The molecule has 0 spiro atoms. The van der Waals surface area contributed by atoms with Gasteiger partial charge in [0.25, 0.3) is 10.0 Å². The van der Waals surface area contributed by atoms with E-state index in [0.29, 0.717) is 28.4 Å². The van der Waals surface area contributed by atoms with Gasteiger partial charge in [-0.15, -0.1) is 0 Å². The monoisotopic (exact) mass is 486 g/mol. The fraction of sp³-hybridized carbons (Fsp3) is 0.0870. The molecule has 174 valence electrons. The molecule has 0 atom stereocenters. The van der Waals surface area contributed by atoms with E-state index < -0.39 is 26.7 Å². The van der Waals surface area contributed by atoms with Crippen molar-refractivity contribution in [2.45, 2.75) is 18.0 Å². The number of fused-ring (bicyclic) bond motifs is 1. The summed E-state index contributed by atoms with van der Waals surface area (Å²) in [6.07, 6.45) is -4.88. The molecule has 7 nitrogen and oxygen atoms in total. The van der Waals surface area contributed by atoms with Gasteiger partial charge in [0.2, 0.25) is 0 Å². The van der Waals surface area contributed by atoms with Crippen molar-refractivity contribution in [1.82, 2.24) is 9.97 Å². The van der Waals surface area contributed by atoms with Gasteiger partial charge in [0.05, 0.1) is 21.5 Å². The molecule has 4 aromatic rings. The van der Waals surface area contributed by atoms with Gasteiger partial charge in [-0.25, -0.2) is 18.4 Å². The Morgan fingerprint density at radius 1 is 0.824 bits per heavy atom. The number of sulfonamides is 1. The summed E-state index contributed by atoms with van der Waals surface area (Å²) in [5.41, 5.74) is 0.405. The summed E-state index contributed by atoms with van der Waals surface area (Å²) in [6.45, 7) is 1.42. The molecule has 0 unspecified atom stereocenters. The normalized spacial score (nSPS) is 11.9. The number of hydrogen-bond acceptors (Lipinski definition) is 6. The van der Waals surface area contributed by atoms with E-state index in [0.717, 1.165) is 12.1 Å². The van der Waals surface area contributed by atoms with Gasteiger partial charge in [0.15, 0.2) is 17.4 Å². The number of carbonyl (C=O) groups excluding carboxylic acids is 1. The maximum absolute atomic E-state index is 13.4. The van der Waals surface area contributed by atoms with Crippen molar-refractivity contribution in [3.05, 3.63) is 83.9 Å². The SMILES string of the molecule is CC(=O)c1ccc(Nc2nc3ccccc3nc2NS(=O)(=O)c2ccccc2C(F)(F)F)cc1. The first kappa shape index (κ1) is 23.2. The Morgan fingerprint density at radius 2 is 1.38 bits per heavy atom. The van der Waals surface area contributed by atoms with Crippen LogP contribution in [0.25, 0.3) is 11.0 Å². The van der Waals surface area contributed by atoms with E-state index in [1.54, 1.807) is 48.5 Å². The topological polar surface area (TPSA) is 101 Å². The largest absolute Gasteiger partial charge is 0.417 e. The van der Waals surface area contributed by atoms with Crippen molar-refractivity contribution in [3.63, 3.8) is 0 Å². The van der Waals surface area contributed by atoms with Gasteiger partial charge in [-0.1, -0.05) is 24.3 Å². The second kappa shape index (κ2) is 8.75. The molecule has 3 aromatic carbocycles. The second-order valence-electron chi connectivity index (χ2n) is 7.27. The third-order valence-electron chi connectivity index (χ3n) is 4.84. The molecule has 34 heavy (non-hydrogen) atoms. The fourth-order valence-electron chi connectivity index (χ4n) is 3.20. The minimum absolute atomic E-state index is 0.0256. The summed E-state index contributed by atoms with van der Waals surface area (Å²) in [5, 5.41) is 2.92. The zero-order chi connectivity index (χ0) is 24.5. The molecular weight excluding hydrogens is 469 g/mol. The van der Waals surface area contributed by atoms with Gasteiger partial charge in [0, 0.05) is 11.3 Å². The van der Waals surface area contributed by atoms with E-state index in [2.05, 4.69) is 20.0 Å². The second-order valence-corrected chi connectivity index (χ2v) is 8.92. The molecule has 1 aromatic heterocycles. The van der Waals surface area contributed by atoms with E-state index in [1.807, 2.05) is 0 Å². The highest BCUT2D eigenvalue weighted by molar-refractivity contribution is 7.92. The zero-order valence-electron chi connectivity index (χ0n) is 17.6. The number of alkyl halides is 3. The Labute approximate surface area is 192 Å². The summed E-state index contributed by atoms with van der Waals surface area (Å²) >= 11 is 0. The molecule has 0 radical (unpaired) electrons. The van der Waals surface area contributed by atoms with E-state index in [1.165, 1.54) is 13.0 Å². The molecule has 0 aliphatic rings. The molecule has 0 bridgehead atoms. The van der Waals surface area contributed by atoms with Crippen LogP contribution in [0.15, 0.2) is 77.7 Å². The van der Waals surface area contributed by atoms with Gasteiger partial charge >= 0.3 is 6.18 Å². The third-order valence-corrected chi connectivity index (χ3v) is 6.23. The van der Waals surface area contributed by atoms with E-state index >= 15 is 0 Å². The zero-order valence-corrected chi connectivity index (χ0v) is 18.4. The number of para-hydroxylation sites is 2. The summed E-state index contributed by atoms with van der Waals surface area (Å²) in [5.74, 6) is -0.442. The lowest BCUT2D eigenvalue weighted by Crippen LogP contribution is -2.20. The lowest BCUT2D eigenvalue weighted by Gasteiger charge is -2.16. The Bertz CT molecular complexity index is 1490. The maximum atomic E-state index is 13.4. The lowest BCUT2D eigenvalue weighted by atomic mass is 10.1. The molecule has 2 N–H and O–H groups in total. The smallest absolute Gasteiger partial charge is 0.337 e. The van der Waals surface area contributed by atoms with Crippen LogP contribution in [-0.4, -0.2) is 24.2 Å². The van der Waals surface area contributed by atoms with Gasteiger partial charge in [-0.05, 0) is 55.5 Å². The predicted octanol–water partition coefficient (Wildman–Crippen LogP) is 5.40. The molecule has 1 heterocycles. The van der Waals surface area contributed by atoms with Crippen molar-refractivity contribution in [3.8, 4) is 0 Å². The molecule has 0 fully saturated rings. The lowest BCUT2D eigenvalue weighted by molar-refractivity contribution is -0.139. The summed E-state index contributed by atoms with van der Waals surface area (Å²) in [6, 6.07) is 16.8. The molecule has 0 aliphatic heterocycles. The van der Waals surface area contributed by atoms with Crippen molar-refractivity contribution >= 4 is 44.2 Å². The fourth-order valence-corrected chi connectivity index (χ4v) is 4.44. The number of nitrogens with one attached hydrogen (secondary N) is 2. The number of ketones is 1. The van der Waals surface area contributed by atoms with Crippen LogP contribution >= 0.6 is 0 Å². The van der Waals surface area contributed by atoms with Crippen LogP contribution in [0, 0.1) is 0 Å². The van der Waals surface area contributed by atoms with Crippen LogP contribution in [0.4, 0.5) is 30.5 Å². The van der Waals surface area contributed by atoms with Gasteiger partial charge < -0.3 is 5.32 Å². The summed E-state index contributed by atoms with van der Waals surface area (Å²) < 4.78 is 68.4. The first-order valence-corrected chi connectivity index (χ1v) is 11.4. The number of aromatic nitrogens is 2. The van der Waals surface area contributed by atoms with Crippen LogP contribution in [0.2, 0.25) is 0 Å². The minimum Gasteiger partial charge on any atom is -0.337 e. The van der Waals surface area contributed by atoms with Crippen LogP contribution in [0.5, 0.6) is 0 Å². The molecule has 11 heteroatoms. The van der Waals surface area contributed by atoms with Gasteiger partial charge in [-0.2, -0.15) is 13.2 Å². The van der Waals surface area contributed by atoms with E-state index in [4.69, 9.17) is 0 Å². The number of Topliss-reactive ketones (excluding diaryl/α,β-unsaturated/α-hetero) is 1. The van der Waals surface area contributed by atoms with Crippen molar-refractivity contribution in [1.29, 1.82) is 0 Å². The molecule has 0 saturated carbocycles. The molecule has 0 saturated heterocycles. The number of benzene rings is 3. The highest BCUT2D eigenvalue weighted by atomic mass is 32.2. The first-order valence-electron chi connectivity index (χ1n) is 9.88. The average Bonchev–Trinajstić information content (AvgIpc) is 2.79. The summed E-state index contributed by atoms with van der Waals surface area (Å²) in [7, 11) is -4.69. The Balaban J connectivity index is 1.78. The maximum Gasteiger partial charge on any atom is 0.417 e. The number of carbonyl (C=O) groups is 1. The van der Waals surface area contributed by atoms with E-state index in [-0.39, 0.29) is 17.4 Å². The average molecular weight is 486 g/mol. The summed E-state index contributed by atoms with van der Waals surface area (Å²) in [4.78, 5) is 19.2. The van der Waals surface area contributed by atoms with Crippen LogP contribution in [0.1, 0.15) is 22.8 Å². The van der Waals surface area contributed by atoms with Gasteiger partial charge in [-0.3, -0.25) is 9.52 Å². The molecule has 0 aliphatic carbocycles. The van der Waals surface area contributed by atoms with Crippen molar-refractivity contribution in [2.75, 3.05) is 10.0 Å². The Hall–Kier alpha value is -3.99. The molecule has 0 amide bonds. The minimum atomic E-state index is -4.88. The molecule has 4 rings (SSSR count). The van der Waals surface area contributed by atoms with Crippen LogP contribution in [-0.2, 0) is 16.2 Å². The van der Waals surface area contributed by atoms with Crippen LogP contribution in [0.3, 0.4) is 0 Å². The van der Waals surface area contributed by atoms with Crippen molar-refractivity contribution in [2.24, 2.45) is 0 Å². The predicted molar refractivity (Wildman–Crippen MR) is 122 cm³/mol. The van der Waals surface area contributed by atoms with Crippen molar-refractivity contribution < 1.29 is 26.4 Å². The number of nitrogens with zero attached hydrogens (tertiary/aromatic N) is 2. The molecular formula is C23H17F3N4O3S. The standard InChI is InChI=1S/C23H17F3N4O3S/c1-14(31)15-10-12-16(13-11-15)27-21-22(29-19-8-4-3-7-18(19)28-21)30-34(32,33)20-9-5-2-6-17(20)23(24,25)26/h2-13H,1H3,(H,27,28)(H,29,30). The number of anilines is 3. The highest BCUT2D eigenvalue weighted by Crippen LogP contribution is 2.35. The number of rotatable bonds is 6. The first-order chi connectivity index (χ1) is 16.0. The Kier molecular flexibility index (Phi) is 5.96. The Morgan fingerprint density at radius 3 is 1.97 bits per heavy atom.